The summed E-state index contributed by atoms with van der Waals surface area (Å²) in [7, 11) is 2.11. The van der Waals surface area contributed by atoms with Gasteiger partial charge in [-0.05, 0) is 40.4 Å². The lowest BCUT2D eigenvalue weighted by Crippen LogP contribution is -2.56. The summed E-state index contributed by atoms with van der Waals surface area (Å²) in [5.74, 6) is 0. The molecule has 0 aromatic rings. The molecule has 0 aromatic heterocycles. The van der Waals surface area contributed by atoms with Gasteiger partial charge in [-0.2, -0.15) is 0 Å². The van der Waals surface area contributed by atoms with Crippen molar-refractivity contribution in [3.8, 4) is 0 Å². The van der Waals surface area contributed by atoms with Crippen molar-refractivity contribution in [2.45, 2.75) is 78.3 Å². The summed E-state index contributed by atoms with van der Waals surface area (Å²) in [6, 6.07) is 0.597. The first-order chi connectivity index (χ1) is 8.04. The van der Waals surface area contributed by atoms with Crippen LogP contribution in [0.2, 0.25) is 0 Å². The van der Waals surface area contributed by atoms with E-state index in [0.29, 0.717) is 6.04 Å². The van der Waals surface area contributed by atoms with E-state index in [1.54, 1.807) is 0 Å². The molecule has 0 saturated heterocycles. The minimum atomic E-state index is 0.254. The molecule has 0 aliphatic carbocycles. The maximum Gasteiger partial charge on any atom is 0.0305 e. The molecule has 0 aliphatic rings. The van der Waals surface area contributed by atoms with E-state index >= 15 is 0 Å². The van der Waals surface area contributed by atoms with Gasteiger partial charge in [-0.25, -0.2) is 0 Å². The topological polar surface area (TPSA) is 15.3 Å². The summed E-state index contributed by atoms with van der Waals surface area (Å²) in [5.41, 5.74) is 0.254. The van der Waals surface area contributed by atoms with Crippen LogP contribution in [-0.4, -0.2) is 36.6 Å². The fraction of sp³-hybridized carbons (Fsp3) is 1.00. The van der Waals surface area contributed by atoms with E-state index in [4.69, 9.17) is 0 Å². The third-order valence-electron chi connectivity index (χ3n) is 4.13. The smallest absolute Gasteiger partial charge is 0.0305 e. The van der Waals surface area contributed by atoms with Crippen LogP contribution >= 0.6 is 0 Å². The standard InChI is InChI=1S/C15H34N2/c1-7-10-11-12-13-14(16-6)15(4,5)17(8-2)9-3/h14,16H,7-13H2,1-6H3. The number of likely N-dealkylation sites (N-methyl/N-ethyl adjacent to an activating group) is 2. The van der Waals surface area contributed by atoms with Crippen LogP contribution in [-0.2, 0) is 0 Å². The highest BCUT2D eigenvalue weighted by atomic mass is 15.2. The molecule has 2 nitrogen and oxygen atoms in total. The van der Waals surface area contributed by atoms with Gasteiger partial charge in [0.05, 0.1) is 0 Å². The first-order valence-corrected chi connectivity index (χ1v) is 7.46. The Morgan fingerprint density at radius 2 is 1.59 bits per heavy atom. The molecule has 0 saturated carbocycles. The van der Waals surface area contributed by atoms with Gasteiger partial charge in [0.1, 0.15) is 0 Å². The van der Waals surface area contributed by atoms with E-state index in [1.807, 2.05) is 0 Å². The lowest BCUT2D eigenvalue weighted by molar-refractivity contribution is 0.0896. The Labute approximate surface area is 109 Å². The Kier molecular flexibility index (Phi) is 8.89. The third kappa shape index (κ3) is 5.39. The molecule has 0 aliphatic heterocycles. The highest BCUT2D eigenvalue weighted by Gasteiger charge is 2.32. The molecule has 0 spiro atoms. The lowest BCUT2D eigenvalue weighted by Gasteiger charge is -2.43. The van der Waals surface area contributed by atoms with E-state index in [9.17, 15) is 0 Å². The first-order valence-electron chi connectivity index (χ1n) is 7.46. The Balaban J connectivity index is 4.30. The van der Waals surface area contributed by atoms with Gasteiger partial charge in [-0.15, -0.1) is 0 Å². The Morgan fingerprint density at radius 1 is 1.00 bits per heavy atom. The highest BCUT2D eigenvalue weighted by molar-refractivity contribution is 4.92. The van der Waals surface area contributed by atoms with Crippen molar-refractivity contribution in [1.82, 2.24) is 10.2 Å². The average molecular weight is 242 g/mol. The maximum absolute atomic E-state index is 3.53. The molecule has 0 radical (unpaired) electrons. The highest BCUT2D eigenvalue weighted by Crippen LogP contribution is 2.22. The van der Waals surface area contributed by atoms with Crippen molar-refractivity contribution >= 4 is 0 Å². The van der Waals surface area contributed by atoms with Crippen LogP contribution in [0.25, 0.3) is 0 Å². The third-order valence-corrected chi connectivity index (χ3v) is 4.13. The first kappa shape index (κ1) is 16.9. The average Bonchev–Trinajstić information content (AvgIpc) is 2.30. The van der Waals surface area contributed by atoms with Crippen LogP contribution in [0.3, 0.4) is 0 Å². The molecule has 1 N–H and O–H groups in total. The molecular formula is C15H34N2. The van der Waals surface area contributed by atoms with E-state index in [1.165, 1.54) is 32.1 Å². The Morgan fingerprint density at radius 3 is 2.00 bits per heavy atom. The number of nitrogens with one attached hydrogen (secondary N) is 1. The Hall–Kier alpha value is -0.0800. The van der Waals surface area contributed by atoms with E-state index in [-0.39, 0.29) is 5.54 Å². The van der Waals surface area contributed by atoms with E-state index in [2.05, 4.69) is 51.9 Å². The maximum atomic E-state index is 3.53. The molecule has 17 heavy (non-hydrogen) atoms. The second kappa shape index (κ2) is 8.93. The summed E-state index contributed by atoms with van der Waals surface area (Å²) in [5, 5.41) is 3.53. The molecule has 1 atom stereocenters. The fourth-order valence-corrected chi connectivity index (χ4v) is 2.89. The van der Waals surface area contributed by atoms with Crippen LogP contribution in [0.5, 0.6) is 0 Å². The van der Waals surface area contributed by atoms with Gasteiger partial charge in [0, 0.05) is 11.6 Å². The van der Waals surface area contributed by atoms with Crippen molar-refractivity contribution < 1.29 is 0 Å². The SMILES string of the molecule is CCCCCCC(NC)C(C)(C)N(CC)CC. The van der Waals surface area contributed by atoms with Crippen LogP contribution in [0.1, 0.15) is 66.7 Å². The zero-order chi connectivity index (χ0) is 13.3. The molecule has 1 unspecified atom stereocenters. The summed E-state index contributed by atoms with van der Waals surface area (Å²) < 4.78 is 0. The predicted octanol–water partition coefficient (Wildman–Crippen LogP) is 3.67. The number of unbranched alkanes of at least 4 members (excludes halogenated alkanes) is 3. The van der Waals surface area contributed by atoms with Gasteiger partial charge >= 0.3 is 0 Å². The zero-order valence-electron chi connectivity index (χ0n) is 13.0. The van der Waals surface area contributed by atoms with Gasteiger partial charge in [-0.1, -0.05) is 46.5 Å². The lowest BCUT2D eigenvalue weighted by atomic mass is 9.88. The van der Waals surface area contributed by atoms with Crippen molar-refractivity contribution in [3.63, 3.8) is 0 Å². The summed E-state index contributed by atoms with van der Waals surface area (Å²) >= 11 is 0. The number of hydrogen-bond acceptors (Lipinski definition) is 2. The molecule has 2 heteroatoms. The van der Waals surface area contributed by atoms with Crippen LogP contribution < -0.4 is 5.32 Å². The fourth-order valence-electron chi connectivity index (χ4n) is 2.89. The van der Waals surface area contributed by atoms with Gasteiger partial charge in [0.15, 0.2) is 0 Å². The molecule has 0 fully saturated rings. The zero-order valence-corrected chi connectivity index (χ0v) is 13.0. The minimum Gasteiger partial charge on any atom is -0.315 e. The molecule has 0 amide bonds. The molecule has 0 rings (SSSR count). The largest absolute Gasteiger partial charge is 0.315 e. The molecule has 0 bridgehead atoms. The van der Waals surface area contributed by atoms with Crippen LogP contribution in [0, 0.1) is 0 Å². The second-order valence-corrected chi connectivity index (χ2v) is 5.52. The van der Waals surface area contributed by atoms with Gasteiger partial charge in [0.2, 0.25) is 0 Å². The van der Waals surface area contributed by atoms with Gasteiger partial charge < -0.3 is 5.32 Å². The van der Waals surface area contributed by atoms with Crippen molar-refractivity contribution in [2.75, 3.05) is 20.1 Å². The summed E-state index contributed by atoms with van der Waals surface area (Å²) in [6.07, 6.45) is 6.72. The molecule has 104 valence electrons. The monoisotopic (exact) mass is 242 g/mol. The van der Waals surface area contributed by atoms with Crippen LogP contribution in [0.15, 0.2) is 0 Å². The van der Waals surface area contributed by atoms with Crippen LogP contribution in [0.4, 0.5) is 0 Å². The molecular weight excluding hydrogens is 208 g/mol. The van der Waals surface area contributed by atoms with Gasteiger partial charge in [0.25, 0.3) is 0 Å². The second-order valence-electron chi connectivity index (χ2n) is 5.52. The van der Waals surface area contributed by atoms with Crippen molar-refractivity contribution in [2.24, 2.45) is 0 Å². The molecule has 0 aromatic carbocycles. The van der Waals surface area contributed by atoms with Gasteiger partial charge in [-0.3, -0.25) is 4.90 Å². The number of nitrogens with zero attached hydrogens (tertiary/aromatic N) is 1. The number of hydrogen-bond donors (Lipinski definition) is 1. The molecule has 0 heterocycles. The Bertz CT molecular complexity index is 174. The van der Waals surface area contributed by atoms with E-state index in [0.717, 1.165) is 13.1 Å². The number of rotatable bonds is 10. The summed E-state index contributed by atoms with van der Waals surface area (Å²) in [6.45, 7) is 13.8. The normalized spacial score (nSPS) is 14.3. The quantitative estimate of drug-likeness (QED) is 0.588. The van der Waals surface area contributed by atoms with E-state index < -0.39 is 0 Å². The minimum absolute atomic E-state index is 0.254. The van der Waals surface area contributed by atoms with Crippen molar-refractivity contribution in [1.29, 1.82) is 0 Å². The predicted molar refractivity (Wildman–Crippen MR) is 78.6 cm³/mol. The summed E-state index contributed by atoms with van der Waals surface area (Å²) in [4.78, 5) is 2.56. The van der Waals surface area contributed by atoms with Crippen molar-refractivity contribution in [3.05, 3.63) is 0 Å².